The van der Waals surface area contributed by atoms with Gasteiger partial charge in [0.05, 0.1) is 26.7 Å². The second-order valence-corrected chi connectivity index (χ2v) is 10.1. The highest BCUT2D eigenvalue weighted by atomic mass is 35.5. The third-order valence-electron chi connectivity index (χ3n) is 5.87. The Labute approximate surface area is 204 Å². The van der Waals surface area contributed by atoms with E-state index in [-0.39, 0.29) is 12.2 Å². The molecule has 33 heavy (non-hydrogen) atoms. The molecule has 0 bridgehead atoms. The van der Waals surface area contributed by atoms with Crippen LogP contribution in [-0.4, -0.2) is 17.2 Å². The molecule has 0 spiro atoms. The van der Waals surface area contributed by atoms with E-state index in [1.54, 1.807) is 0 Å². The zero-order valence-electron chi connectivity index (χ0n) is 19.0. The Hall–Kier alpha value is -2.57. The number of aryl methyl sites for hydroxylation is 1. The van der Waals surface area contributed by atoms with Gasteiger partial charge in [-0.2, -0.15) is 0 Å². The van der Waals surface area contributed by atoms with Gasteiger partial charge in [-0.05, 0) is 68.9 Å². The van der Waals surface area contributed by atoms with E-state index in [1.807, 2.05) is 62.4 Å². The molecule has 1 aromatic carbocycles. The first-order valence-corrected chi connectivity index (χ1v) is 12.6. The number of nitrogens with zero attached hydrogens (tertiary/aromatic N) is 1. The van der Waals surface area contributed by atoms with Crippen LogP contribution >= 0.6 is 22.9 Å². The van der Waals surface area contributed by atoms with Crippen LogP contribution in [0.2, 0.25) is 4.34 Å². The van der Waals surface area contributed by atoms with Crippen molar-refractivity contribution in [3.8, 4) is 16.3 Å². The van der Waals surface area contributed by atoms with Gasteiger partial charge in [-0.1, -0.05) is 48.4 Å². The normalized spacial score (nSPS) is 15.1. The number of thiophene rings is 1. The van der Waals surface area contributed by atoms with Crippen molar-refractivity contribution in [3.63, 3.8) is 0 Å². The zero-order valence-corrected chi connectivity index (χ0v) is 20.5. The summed E-state index contributed by atoms with van der Waals surface area (Å²) >= 11 is 7.77. The lowest BCUT2D eigenvalue weighted by molar-refractivity contribution is 0.106. The van der Waals surface area contributed by atoms with Crippen LogP contribution in [0.5, 0.6) is 5.75 Å². The molecule has 1 fully saturated rings. The Kier molecular flexibility index (Phi) is 7.89. The molecule has 1 N–H and O–H groups in total. The van der Waals surface area contributed by atoms with Crippen molar-refractivity contribution in [1.82, 2.24) is 10.3 Å². The van der Waals surface area contributed by atoms with Crippen molar-refractivity contribution < 1.29 is 14.3 Å². The van der Waals surface area contributed by atoms with Crippen LogP contribution in [0.4, 0.5) is 4.79 Å². The molecule has 1 saturated carbocycles. The Morgan fingerprint density at radius 2 is 1.94 bits per heavy atom. The Balaban J connectivity index is 1.40. The lowest BCUT2D eigenvalue weighted by Crippen LogP contribution is -2.25. The maximum absolute atomic E-state index is 12.3. The topological polar surface area (TPSA) is 60.5 Å². The summed E-state index contributed by atoms with van der Waals surface area (Å²) in [7, 11) is 0. The largest absolute Gasteiger partial charge is 0.489 e. The highest BCUT2D eigenvalue weighted by Crippen LogP contribution is 2.36. The lowest BCUT2D eigenvalue weighted by atomic mass is 9.98. The number of carbonyl (C=O) groups is 1. The quantitative estimate of drug-likeness (QED) is 0.377. The monoisotopic (exact) mass is 484 g/mol. The first-order valence-electron chi connectivity index (χ1n) is 11.4. The van der Waals surface area contributed by atoms with Crippen molar-refractivity contribution in [2.45, 2.75) is 64.7 Å². The number of hydrogen-bond donors (Lipinski definition) is 1. The number of halogens is 1. The molecule has 1 aliphatic carbocycles. The summed E-state index contributed by atoms with van der Waals surface area (Å²) in [6, 6.07) is 15.5. The third kappa shape index (κ3) is 6.27. The molecule has 1 amide bonds. The molecule has 1 aliphatic rings. The van der Waals surface area contributed by atoms with Crippen molar-refractivity contribution >= 4 is 29.0 Å². The number of amides is 1. The minimum Gasteiger partial charge on any atom is -0.489 e. The molecule has 174 valence electrons. The van der Waals surface area contributed by atoms with Gasteiger partial charge in [0, 0.05) is 6.54 Å². The number of carbonyl (C=O) groups excluding carboxylic acids is 1. The number of benzene rings is 1. The number of pyridine rings is 1. The van der Waals surface area contributed by atoms with Crippen LogP contribution < -0.4 is 10.1 Å². The fourth-order valence-corrected chi connectivity index (χ4v) is 5.31. The molecule has 3 aromatic rings. The molecule has 4 rings (SSSR count). The number of aromatic nitrogens is 1. The Morgan fingerprint density at radius 3 is 2.67 bits per heavy atom. The SMILES string of the molecule is Cc1nc(-c2sc(Cl)cc2CNC(=O)OC(C)c2ccccc2)ccc1OC1CCCCC1. The number of hydrogen-bond acceptors (Lipinski definition) is 5. The standard InChI is InChI=1S/C26H29ClN2O3S/c1-17-23(32-21-11-7-4-8-12-21)14-13-22(29-17)25-20(15-24(27)33-25)16-28-26(30)31-18(2)19-9-5-3-6-10-19/h3,5-6,9-10,13-15,18,21H,4,7-8,11-12,16H2,1-2H3,(H,28,30). The molecule has 0 aliphatic heterocycles. The maximum atomic E-state index is 12.3. The van der Waals surface area contributed by atoms with E-state index in [2.05, 4.69) is 5.32 Å². The molecular weight excluding hydrogens is 456 g/mol. The molecule has 7 heteroatoms. The van der Waals surface area contributed by atoms with E-state index in [0.717, 1.165) is 46.0 Å². The van der Waals surface area contributed by atoms with Crippen molar-refractivity contribution in [2.75, 3.05) is 0 Å². The number of rotatable bonds is 7. The summed E-state index contributed by atoms with van der Waals surface area (Å²) in [6.45, 7) is 4.13. The van der Waals surface area contributed by atoms with Crippen molar-refractivity contribution in [1.29, 1.82) is 0 Å². The van der Waals surface area contributed by atoms with Crippen LogP contribution in [0, 0.1) is 6.92 Å². The average molecular weight is 485 g/mol. The van der Waals surface area contributed by atoms with E-state index >= 15 is 0 Å². The highest BCUT2D eigenvalue weighted by Gasteiger charge is 2.18. The summed E-state index contributed by atoms with van der Waals surface area (Å²) in [5.41, 5.74) is 3.53. The molecule has 0 radical (unpaired) electrons. The van der Waals surface area contributed by atoms with Gasteiger partial charge in [-0.3, -0.25) is 0 Å². The number of nitrogens with one attached hydrogen (secondary N) is 1. The second-order valence-electron chi connectivity index (χ2n) is 8.37. The van der Waals surface area contributed by atoms with Gasteiger partial charge in [0.25, 0.3) is 0 Å². The summed E-state index contributed by atoms with van der Waals surface area (Å²) in [6.07, 6.45) is 5.44. The van der Waals surface area contributed by atoms with Crippen LogP contribution in [0.3, 0.4) is 0 Å². The van der Waals surface area contributed by atoms with Crippen molar-refractivity contribution in [3.05, 3.63) is 69.7 Å². The molecule has 0 saturated heterocycles. The van der Waals surface area contributed by atoms with Gasteiger partial charge < -0.3 is 14.8 Å². The molecule has 1 unspecified atom stereocenters. The average Bonchev–Trinajstić information content (AvgIpc) is 3.20. The van der Waals surface area contributed by atoms with E-state index < -0.39 is 6.09 Å². The summed E-state index contributed by atoms with van der Waals surface area (Å²) < 4.78 is 12.4. The minimum absolute atomic E-state index is 0.283. The maximum Gasteiger partial charge on any atom is 0.408 e. The molecule has 2 heterocycles. The summed E-state index contributed by atoms with van der Waals surface area (Å²) in [4.78, 5) is 18.1. The van der Waals surface area contributed by atoms with E-state index in [9.17, 15) is 4.79 Å². The molecular formula is C26H29ClN2O3S. The summed E-state index contributed by atoms with van der Waals surface area (Å²) in [5.74, 6) is 0.839. The van der Waals surface area contributed by atoms with E-state index in [1.165, 1.54) is 30.6 Å². The fourth-order valence-electron chi connectivity index (χ4n) is 4.07. The van der Waals surface area contributed by atoms with Gasteiger partial charge in [-0.25, -0.2) is 9.78 Å². The van der Waals surface area contributed by atoms with Crippen LogP contribution in [0.1, 0.15) is 62.0 Å². The number of alkyl carbamates (subject to hydrolysis) is 1. The lowest BCUT2D eigenvalue weighted by Gasteiger charge is -2.23. The van der Waals surface area contributed by atoms with E-state index in [0.29, 0.717) is 10.9 Å². The Morgan fingerprint density at radius 1 is 1.18 bits per heavy atom. The first kappa shape index (κ1) is 23.6. The van der Waals surface area contributed by atoms with Gasteiger partial charge in [0.1, 0.15) is 11.9 Å². The predicted octanol–water partition coefficient (Wildman–Crippen LogP) is 7.47. The molecule has 1 atom stereocenters. The third-order valence-corrected chi connectivity index (χ3v) is 7.20. The summed E-state index contributed by atoms with van der Waals surface area (Å²) in [5, 5.41) is 2.84. The van der Waals surface area contributed by atoms with Crippen molar-refractivity contribution in [2.24, 2.45) is 0 Å². The fraction of sp³-hybridized carbons (Fsp3) is 0.385. The highest BCUT2D eigenvalue weighted by molar-refractivity contribution is 7.19. The van der Waals surface area contributed by atoms with Gasteiger partial charge in [-0.15, -0.1) is 11.3 Å². The molecule has 5 nitrogen and oxygen atoms in total. The number of ether oxygens (including phenoxy) is 2. The Bertz CT molecular complexity index is 1080. The zero-order chi connectivity index (χ0) is 23.2. The minimum atomic E-state index is -0.472. The second kappa shape index (κ2) is 11.0. The van der Waals surface area contributed by atoms with Crippen LogP contribution in [0.15, 0.2) is 48.5 Å². The predicted molar refractivity (Wildman–Crippen MR) is 133 cm³/mol. The van der Waals surface area contributed by atoms with Gasteiger partial charge in [0.15, 0.2) is 0 Å². The first-order chi connectivity index (χ1) is 16.0. The van der Waals surface area contributed by atoms with E-state index in [4.69, 9.17) is 26.1 Å². The van der Waals surface area contributed by atoms with Crippen LogP contribution in [0.25, 0.3) is 10.6 Å². The van der Waals surface area contributed by atoms with Crippen LogP contribution in [-0.2, 0) is 11.3 Å². The van der Waals surface area contributed by atoms with Gasteiger partial charge in [0.2, 0.25) is 0 Å². The van der Waals surface area contributed by atoms with Gasteiger partial charge >= 0.3 is 6.09 Å². The molecule has 2 aromatic heterocycles. The smallest absolute Gasteiger partial charge is 0.408 e.